The summed E-state index contributed by atoms with van der Waals surface area (Å²) in [6.07, 6.45) is 2.90. The van der Waals surface area contributed by atoms with Crippen LogP contribution >= 0.6 is 0 Å². The summed E-state index contributed by atoms with van der Waals surface area (Å²) >= 11 is 0. The van der Waals surface area contributed by atoms with Gasteiger partial charge < -0.3 is 42.5 Å². The zero-order valence-corrected chi connectivity index (χ0v) is 20.5. The van der Waals surface area contributed by atoms with Gasteiger partial charge in [-0.25, -0.2) is 0 Å². The van der Waals surface area contributed by atoms with Crippen LogP contribution in [0.25, 0.3) is 0 Å². The molecule has 12 heteroatoms. The van der Waals surface area contributed by atoms with Gasteiger partial charge >= 0.3 is 0 Å². The molecule has 1 aliphatic heterocycles. The fourth-order valence-corrected chi connectivity index (χ4v) is 4.02. The van der Waals surface area contributed by atoms with Gasteiger partial charge in [-0.05, 0) is 39.0 Å². The Balaban J connectivity index is 2.87. The third kappa shape index (κ3) is 15.5. The molecule has 196 valence electrons. The van der Waals surface area contributed by atoms with E-state index in [4.69, 9.17) is 22.9 Å². The lowest BCUT2D eigenvalue weighted by molar-refractivity contribution is -0.119. The summed E-state index contributed by atoms with van der Waals surface area (Å²) in [5.74, 6) is -1.32. The normalized spacial score (nSPS) is 18.8. The molecule has 0 radical (unpaired) electrons. The monoisotopic (exact) mass is 484 g/mol. The van der Waals surface area contributed by atoms with Gasteiger partial charge in [0.1, 0.15) is 0 Å². The van der Waals surface area contributed by atoms with Crippen LogP contribution in [0.3, 0.4) is 0 Å². The van der Waals surface area contributed by atoms with Crippen molar-refractivity contribution in [3.8, 4) is 0 Å². The van der Waals surface area contributed by atoms with Crippen molar-refractivity contribution in [3.05, 3.63) is 0 Å². The smallest absolute Gasteiger partial charge is 0.218 e. The fourth-order valence-electron chi connectivity index (χ4n) is 4.02. The minimum absolute atomic E-state index is 0.293. The Labute approximate surface area is 202 Å². The Morgan fingerprint density at radius 1 is 0.412 bits per heavy atom. The molecule has 34 heavy (non-hydrogen) atoms. The minimum Gasteiger partial charge on any atom is -0.370 e. The van der Waals surface area contributed by atoms with E-state index in [0.717, 1.165) is 65.2 Å². The molecule has 0 saturated carbocycles. The standard InChI is InChI=1S/C22H44N8O4/c23-19(31)3-11-27-7-1-8-28(12-4-20(24)32)16-18-30(14-6-22(26)34)10-2-9-29(17-15-27)13-5-21(25)33/h1-18H2,(H2,23,31)(H2,24,32)(H2,25,33)(H2,26,34). The van der Waals surface area contributed by atoms with Crippen LogP contribution in [-0.2, 0) is 19.2 Å². The number of carbonyl (C=O) groups excluding carboxylic acids is 4. The summed E-state index contributed by atoms with van der Waals surface area (Å²) in [4.78, 5) is 54.2. The summed E-state index contributed by atoms with van der Waals surface area (Å²) in [7, 11) is 0. The van der Waals surface area contributed by atoms with Gasteiger partial charge in [0, 0.05) is 78.0 Å². The van der Waals surface area contributed by atoms with Crippen LogP contribution in [0, 0.1) is 0 Å². The molecule has 1 rings (SSSR count). The molecule has 0 spiro atoms. The molecule has 0 atom stereocenters. The van der Waals surface area contributed by atoms with Crippen LogP contribution in [-0.4, -0.2) is 122 Å². The molecule has 1 aliphatic rings. The Kier molecular flexibility index (Phi) is 15.0. The maximum Gasteiger partial charge on any atom is 0.218 e. The van der Waals surface area contributed by atoms with Crippen molar-refractivity contribution >= 4 is 23.6 Å². The van der Waals surface area contributed by atoms with Gasteiger partial charge in [0.25, 0.3) is 0 Å². The average Bonchev–Trinajstić information content (AvgIpc) is 2.76. The second kappa shape index (κ2) is 17.2. The Morgan fingerprint density at radius 2 is 0.618 bits per heavy atom. The van der Waals surface area contributed by atoms with Crippen LogP contribution < -0.4 is 22.9 Å². The van der Waals surface area contributed by atoms with Crippen molar-refractivity contribution in [2.24, 2.45) is 22.9 Å². The van der Waals surface area contributed by atoms with E-state index in [1.54, 1.807) is 0 Å². The summed E-state index contributed by atoms with van der Waals surface area (Å²) in [5.41, 5.74) is 21.4. The second-order valence-electron chi connectivity index (χ2n) is 8.94. The van der Waals surface area contributed by atoms with Gasteiger partial charge in [0.15, 0.2) is 0 Å². The number of primary amides is 4. The molecule has 12 nitrogen and oxygen atoms in total. The second-order valence-corrected chi connectivity index (χ2v) is 8.94. The Hall–Kier alpha value is -2.28. The highest BCUT2D eigenvalue weighted by atomic mass is 16.2. The van der Waals surface area contributed by atoms with Crippen molar-refractivity contribution < 1.29 is 19.2 Å². The maximum atomic E-state index is 11.3. The first-order valence-corrected chi connectivity index (χ1v) is 12.2. The molecule has 1 fully saturated rings. The van der Waals surface area contributed by atoms with Crippen LogP contribution in [0.5, 0.6) is 0 Å². The molecule has 0 aliphatic carbocycles. The van der Waals surface area contributed by atoms with E-state index < -0.39 is 0 Å². The number of hydrogen-bond donors (Lipinski definition) is 4. The van der Waals surface area contributed by atoms with E-state index in [9.17, 15) is 19.2 Å². The van der Waals surface area contributed by atoms with Crippen LogP contribution in [0.15, 0.2) is 0 Å². The highest BCUT2D eigenvalue weighted by Crippen LogP contribution is 2.05. The lowest BCUT2D eigenvalue weighted by Gasteiger charge is -2.31. The zero-order chi connectivity index (χ0) is 25.3. The third-order valence-corrected chi connectivity index (χ3v) is 6.06. The number of amides is 4. The molecular weight excluding hydrogens is 440 g/mol. The first-order valence-electron chi connectivity index (χ1n) is 12.2. The fraction of sp³-hybridized carbons (Fsp3) is 0.818. The topological polar surface area (TPSA) is 185 Å². The van der Waals surface area contributed by atoms with Gasteiger partial charge in [-0.2, -0.15) is 0 Å². The van der Waals surface area contributed by atoms with Gasteiger partial charge in [0.05, 0.1) is 0 Å². The van der Waals surface area contributed by atoms with Gasteiger partial charge in [-0.1, -0.05) is 0 Å². The lowest BCUT2D eigenvalue weighted by Crippen LogP contribution is -2.43. The van der Waals surface area contributed by atoms with Crippen molar-refractivity contribution in [2.45, 2.75) is 38.5 Å². The molecule has 0 unspecified atom stereocenters. The maximum absolute atomic E-state index is 11.3. The number of carbonyl (C=O) groups is 4. The van der Waals surface area contributed by atoms with E-state index >= 15 is 0 Å². The highest BCUT2D eigenvalue weighted by molar-refractivity contribution is 5.74. The van der Waals surface area contributed by atoms with E-state index in [1.807, 2.05) is 0 Å². The quantitative estimate of drug-likeness (QED) is 0.234. The van der Waals surface area contributed by atoms with E-state index in [0.29, 0.717) is 51.9 Å². The van der Waals surface area contributed by atoms with E-state index in [-0.39, 0.29) is 23.6 Å². The van der Waals surface area contributed by atoms with E-state index in [1.165, 1.54) is 0 Å². The number of nitrogens with zero attached hydrogens (tertiary/aromatic N) is 4. The van der Waals surface area contributed by atoms with Crippen LogP contribution in [0.2, 0.25) is 0 Å². The summed E-state index contributed by atoms with van der Waals surface area (Å²) in [6, 6.07) is 0. The highest BCUT2D eigenvalue weighted by Gasteiger charge is 2.16. The van der Waals surface area contributed by atoms with Crippen molar-refractivity contribution in [1.29, 1.82) is 0 Å². The predicted octanol–water partition coefficient (Wildman–Crippen LogP) is -2.51. The van der Waals surface area contributed by atoms with Gasteiger partial charge in [-0.15, -0.1) is 0 Å². The zero-order valence-electron chi connectivity index (χ0n) is 20.5. The Morgan fingerprint density at radius 3 is 0.794 bits per heavy atom. The summed E-state index contributed by atoms with van der Waals surface area (Å²) in [6.45, 7) is 8.48. The summed E-state index contributed by atoms with van der Waals surface area (Å²) in [5, 5.41) is 0. The first kappa shape index (κ1) is 29.8. The summed E-state index contributed by atoms with van der Waals surface area (Å²) < 4.78 is 0. The molecule has 0 aromatic heterocycles. The number of rotatable bonds is 12. The van der Waals surface area contributed by atoms with Crippen molar-refractivity contribution in [3.63, 3.8) is 0 Å². The lowest BCUT2D eigenvalue weighted by atomic mass is 10.2. The average molecular weight is 485 g/mol. The largest absolute Gasteiger partial charge is 0.370 e. The molecular formula is C22H44N8O4. The Bertz CT molecular complexity index is 542. The number of nitrogens with two attached hydrogens (primary N) is 4. The van der Waals surface area contributed by atoms with Crippen molar-refractivity contribution in [1.82, 2.24) is 19.6 Å². The number of hydrogen-bond acceptors (Lipinski definition) is 8. The van der Waals surface area contributed by atoms with Gasteiger partial charge in [0.2, 0.25) is 23.6 Å². The van der Waals surface area contributed by atoms with Crippen LogP contribution in [0.4, 0.5) is 0 Å². The molecule has 0 bridgehead atoms. The van der Waals surface area contributed by atoms with Crippen LogP contribution in [0.1, 0.15) is 38.5 Å². The van der Waals surface area contributed by atoms with Gasteiger partial charge in [-0.3, -0.25) is 19.2 Å². The predicted molar refractivity (Wildman–Crippen MR) is 130 cm³/mol. The molecule has 4 amide bonds. The first-order chi connectivity index (χ1) is 16.2. The molecule has 0 aromatic rings. The molecule has 8 N–H and O–H groups in total. The molecule has 1 saturated heterocycles. The van der Waals surface area contributed by atoms with E-state index in [2.05, 4.69) is 19.6 Å². The SMILES string of the molecule is NC(=O)CCN1CCCN(CCC(N)=O)CCN(CCC(N)=O)CCCN(CCC(N)=O)CC1. The molecule has 0 aromatic carbocycles. The minimum atomic E-state index is -0.330. The third-order valence-electron chi connectivity index (χ3n) is 6.06. The van der Waals surface area contributed by atoms with Crippen molar-refractivity contribution in [2.75, 3.05) is 78.5 Å². The molecule has 1 heterocycles.